The van der Waals surface area contributed by atoms with E-state index in [1.54, 1.807) is 0 Å². The number of halogens is 1. The minimum atomic E-state index is 0. The summed E-state index contributed by atoms with van der Waals surface area (Å²) in [6.07, 6.45) is 6.39. The van der Waals surface area contributed by atoms with E-state index in [0.29, 0.717) is 0 Å². The molecular formula is C16H35IN4O. The van der Waals surface area contributed by atoms with Crippen LogP contribution in [-0.2, 0) is 4.74 Å². The molecule has 1 aliphatic heterocycles. The van der Waals surface area contributed by atoms with Gasteiger partial charge in [-0.1, -0.05) is 13.3 Å². The van der Waals surface area contributed by atoms with E-state index in [4.69, 9.17) is 4.74 Å². The van der Waals surface area contributed by atoms with Gasteiger partial charge in [0.05, 0.1) is 0 Å². The van der Waals surface area contributed by atoms with Gasteiger partial charge in [-0.2, -0.15) is 0 Å². The number of hydrogen-bond acceptors (Lipinski definition) is 3. The molecule has 1 unspecified atom stereocenters. The summed E-state index contributed by atoms with van der Waals surface area (Å²) in [5, 5.41) is 6.74. The highest BCUT2D eigenvalue weighted by atomic mass is 127. The van der Waals surface area contributed by atoms with Crippen LogP contribution in [0, 0.1) is 0 Å². The number of aliphatic imine (C=N–C) groups is 1. The molecule has 1 aliphatic rings. The maximum Gasteiger partial charge on any atom is 0.191 e. The number of guanidine groups is 1. The number of hydrogen-bond donors (Lipinski definition) is 2. The van der Waals surface area contributed by atoms with Crippen molar-refractivity contribution < 1.29 is 4.74 Å². The van der Waals surface area contributed by atoms with E-state index in [1.807, 2.05) is 14.0 Å². The fraction of sp³-hybridized carbons (Fsp3) is 0.938. The highest BCUT2D eigenvalue weighted by Crippen LogP contribution is 2.18. The molecule has 0 aliphatic carbocycles. The first kappa shape index (κ1) is 21.9. The molecule has 5 nitrogen and oxygen atoms in total. The maximum absolute atomic E-state index is 5.33. The van der Waals surface area contributed by atoms with Gasteiger partial charge in [0.1, 0.15) is 0 Å². The summed E-state index contributed by atoms with van der Waals surface area (Å²) in [6, 6.07) is 0.779. The molecule has 0 saturated carbocycles. The van der Waals surface area contributed by atoms with Gasteiger partial charge in [0.25, 0.3) is 0 Å². The zero-order chi connectivity index (χ0) is 15.3. The van der Waals surface area contributed by atoms with Gasteiger partial charge >= 0.3 is 0 Å². The minimum Gasteiger partial charge on any atom is -0.382 e. The molecule has 1 atom stereocenters. The van der Waals surface area contributed by atoms with Crippen LogP contribution in [0.3, 0.4) is 0 Å². The predicted octanol–water partition coefficient (Wildman–Crippen LogP) is 2.46. The number of nitrogens with zero attached hydrogens (tertiary/aromatic N) is 2. The fourth-order valence-electron chi connectivity index (χ4n) is 2.88. The Bertz CT molecular complexity index is 289. The van der Waals surface area contributed by atoms with Gasteiger partial charge in [0.2, 0.25) is 0 Å². The zero-order valence-electron chi connectivity index (χ0n) is 14.6. The van der Waals surface area contributed by atoms with Gasteiger partial charge in [-0.3, -0.25) is 9.89 Å². The predicted molar refractivity (Wildman–Crippen MR) is 105 cm³/mol. The van der Waals surface area contributed by atoms with Gasteiger partial charge in [0, 0.05) is 45.9 Å². The summed E-state index contributed by atoms with van der Waals surface area (Å²) in [7, 11) is 1.83. The Balaban J connectivity index is 0.00000441. The summed E-state index contributed by atoms with van der Waals surface area (Å²) < 4.78 is 5.33. The quantitative estimate of drug-likeness (QED) is 0.258. The van der Waals surface area contributed by atoms with Gasteiger partial charge < -0.3 is 15.4 Å². The maximum atomic E-state index is 5.33. The van der Waals surface area contributed by atoms with E-state index in [1.165, 1.54) is 32.2 Å². The molecule has 0 aromatic carbocycles. The van der Waals surface area contributed by atoms with Crippen LogP contribution in [0.2, 0.25) is 0 Å². The van der Waals surface area contributed by atoms with E-state index >= 15 is 0 Å². The van der Waals surface area contributed by atoms with Gasteiger partial charge in [-0.15, -0.1) is 24.0 Å². The average Bonchev–Trinajstić information content (AvgIpc) is 2.53. The van der Waals surface area contributed by atoms with Gasteiger partial charge in [-0.25, -0.2) is 0 Å². The van der Waals surface area contributed by atoms with Crippen molar-refractivity contribution in [2.75, 3.05) is 46.4 Å². The fourth-order valence-corrected chi connectivity index (χ4v) is 2.88. The number of ether oxygens (including phenoxy) is 1. The van der Waals surface area contributed by atoms with E-state index in [0.717, 1.165) is 51.3 Å². The van der Waals surface area contributed by atoms with Crippen LogP contribution in [0.1, 0.15) is 46.0 Å². The van der Waals surface area contributed by atoms with Crippen molar-refractivity contribution in [2.45, 2.75) is 52.0 Å². The minimum absolute atomic E-state index is 0. The van der Waals surface area contributed by atoms with Crippen molar-refractivity contribution in [2.24, 2.45) is 4.99 Å². The number of piperidine rings is 1. The van der Waals surface area contributed by atoms with Crippen LogP contribution >= 0.6 is 24.0 Å². The molecule has 0 bridgehead atoms. The zero-order valence-corrected chi connectivity index (χ0v) is 16.9. The van der Waals surface area contributed by atoms with Crippen LogP contribution in [-0.4, -0.2) is 63.3 Å². The van der Waals surface area contributed by atoms with E-state index in [2.05, 4.69) is 27.4 Å². The second kappa shape index (κ2) is 14.5. The van der Waals surface area contributed by atoms with Gasteiger partial charge in [-0.05, 0) is 39.2 Å². The number of likely N-dealkylation sites (tertiary alicyclic amines) is 1. The summed E-state index contributed by atoms with van der Waals surface area (Å²) in [5.41, 5.74) is 0. The van der Waals surface area contributed by atoms with Crippen molar-refractivity contribution in [3.8, 4) is 0 Å². The monoisotopic (exact) mass is 426 g/mol. The summed E-state index contributed by atoms with van der Waals surface area (Å²) in [4.78, 5) is 6.89. The first-order chi connectivity index (χ1) is 10.3. The summed E-state index contributed by atoms with van der Waals surface area (Å²) >= 11 is 0. The second-order valence-corrected chi connectivity index (χ2v) is 5.57. The first-order valence-electron chi connectivity index (χ1n) is 8.58. The first-order valence-corrected chi connectivity index (χ1v) is 8.58. The molecule has 2 N–H and O–H groups in total. The molecule has 0 spiro atoms. The van der Waals surface area contributed by atoms with Crippen molar-refractivity contribution in [1.82, 2.24) is 15.5 Å². The summed E-state index contributed by atoms with van der Waals surface area (Å²) in [6.45, 7) is 10.2. The molecule has 0 aromatic rings. The SMILES string of the molecule is CCOCCCNC(=NC)NCCN1CCCCC1CC.I. The Morgan fingerprint density at radius 1 is 1.23 bits per heavy atom. The Kier molecular flexibility index (Phi) is 14.5. The summed E-state index contributed by atoms with van der Waals surface area (Å²) in [5.74, 6) is 0.900. The third kappa shape index (κ3) is 9.15. The standard InChI is InChI=1S/C16H34N4O.HI/c1-4-15-9-6-7-12-20(15)13-11-19-16(17-3)18-10-8-14-21-5-2;/h15H,4-14H2,1-3H3,(H2,17,18,19);1H. The Labute approximate surface area is 153 Å². The Morgan fingerprint density at radius 3 is 2.68 bits per heavy atom. The molecule has 0 amide bonds. The highest BCUT2D eigenvalue weighted by molar-refractivity contribution is 14.0. The third-order valence-electron chi connectivity index (χ3n) is 4.10. The van der Waals surface area contributed by atoms with Gasteiger partial charge in [0.15, 0.2) is 5.96 Å². The average molecular weight is 426 g/mol. The lowest BCUT2D eigenvalue weighted by atomic mass is 10.0. The third-order valence-corrected chi connectivity index (χ3v) is 4.10. The van der Waals surface area contributed by atoms with Crippen molar-refractivity contribution in [3.63, 3.8) is 0 Å². The van der Waals surface area contributed by atoms with Crippen molar-refractivity contribution in [3.05, 3.63) is 0 Å². The Hall–Kier alpha value is -0.0800. The van der Waals surface area contributed by atoms with E-state index in [9.17, 15) is 0 Å². The van der Waals surface area contributed by atoms with Crippen LogP contribution in [0.5, 0.6) is 0 Å². The lowest BCUT2D eigenvalue weighted by Crippen LogP contribution is -2.46. The number of rotatable bonds is 9. The highest BCUT2D eigenvalue weighted by Gasteiger charge is 2.19. The van der Waals surface area contributed by atoms with Crippen LogP contribution in [0.15, 0.2) is 4.99 Å². The van der Waals surface area contributed by atoms with E-state index < -0.39 is 0 Å². The lowest BCUT2D eigenvalue weighted by molar-refractivity contribution is 0.145. The smallest absolute Gasteiger partial charge is 0.191 e. The molecule has 1 heterocycles. The Morgan fingerprint density at radius 2 is 2.00 bits per heavy atom. The van der Waals surface area contributed by atoms with Crippen molar-refractivity contribution in [1.29, 1.82) is 0 Å². The lowest BCUT2D eigenvalue weighted by Gasteiger charge is -2.35. The molecule has 1 rings (SSSR count). The van der Waals surface area contributed by atoms with Crippen molar-refractivity contribution >= 4 is 29.9 Å². The van der Waals surface area contributed by atoms with E-state index in [-0.39, 0.29) is 24.0 Å². The van der Waals surface area contributed by atoms with Crippen LogP contribution < -0.4 is 10.6 Å². The van der Waals surface area contributed by atoms with Crippen LogP contribution in [0.25, 0.3) is 0 Å². The molecular weight excluding hydrogens is 391 g/mol. The molecule has 22 heavy (non-hydrogen) atoms. The second-order valence-electron chi connectivity index (χ2n) is 5.57. The normalized spacial score (nSPS) is 19.6. The molecule has 0 aromatic heterocycles. The molecule has 1 fully saturated rings. The molecule has 6 heteroatoms. The molecule has 0 radical (unpaired) electrons. The molecule has 132 valence electrons. The van der Waals surface area contributed by atoms with Crippen LogP contribution in [0.4, 0.5) is 0 Å². The topological polar surface area (TPSA) is 48.9 Å². The molecule has 1 saturated heterocycles. The number of nitrogens with one attached hydrogen (secondary N) is 2. The largest absolute Gasteiger partial charge is 0.382 e.